The van der Waals surface area contributed by atoms with Crippen LogP contribution in [0, 0.1) is 5.41 Å². The fourth-order valence-corrected chi connectivity index (χ4v) is 2.21. The van der Waals surface area contributed by atoms with E-state index in [0.29, 0.717) is 11.4 Å². The Balaban J connectivity index is 2.26. The molecule has 2 atom stereocenters. The third-order valence-electron chi connectivity index (χ3n) is 3.12. The summed E-state index contributed by atoms with van der Waals surface area (Å²) >= 11 is 5.85. The number of halogens is 1. The van der Waals surface area contributed by atoms with Crippen LogP contribution in [0.2, 0.25) is 5.02 Å². The first-order valence-corrected chi connectivity index (χ1v) is 5.17. The van der Waals surface area contributed by atoms with Crippen molar-refractivity contribution in [3.63, 3.8) is 0 Å². The normalized spacial score (nSPS) is 28.8. The van der Waals surface area contributed by atoms with Crippen LogP contribution >= 0.6 is 11.6 Å². The van der Waals surface area contributed by atoms with Crippen LogP contribution in [0.5, 0.6) is 0 Å². The van der Waals surface area contributed by atoms with Crippen LogP contribution in [0.15, 0.2) is 24.3 Å². The number of hydrogen-bond donors (Lipinski definition) is 2. The molecule has 3 N–H and O–H groups in total. The van der Waals surface area contributed by atoms with Gasteiger partial charge < -0.3 is 10.8 Å². The lowest BCUT2D eigenvalue weighted by atomic mass is 9.99. The number of hydrogen-bond acceptors (Lipinski definition) is 2. The Hall–Kier alpha value is -1.06. The molecule has 0 bridgehead atoms. The molecule has 4 heteroatoms. The molecule has 2 rings (SSSR count). The first kappa shape index (κ1) is 10.5. The molecule has 1 aromatic rings. The summed E-state index contributed by atoms with van der Waals surface area (Å²) in [6.07, 6.45) is 0.610. The average molecular weight is 226 g/mol. The Labute approximate surface area is 92.8 Å². The summed E-state index contributed by atoms with van der Waals surface area (Å²) in [6, 6.07) is 7.32. The van der Waals surface area contributed by atoms with E-state index in [1.54, 1.807) is 6.07 Å². The van der Waals surface area contributed by atoms with Gasteiger partial charge in [-0.15, -0.1) is 0 Å². The molecule has 0 radical (unpaired) electrons. The molecule has 3 nitrogen and oxygen atoms in total. The molecule has 15 heavy (non-hydrogen) atoms. The van der Waals surface area contributed by atoms with Gasteiger partial charge in [-0.1, -0.05) is 23.7 Å². The lowest BCUT2D eigenvalue weighted by molar-refractivity contribution is -0.143. The summed E-state index contributed by atoms with van der Waals surface area (Å²) in [4.78, 5) is 11.1. The van der Waals surface area contributed by atoms with E-state index in [2.05, 4.69) is 0 Å². The Morgan fingerprint density at radius 1 is 1.67 bits per heavy atom. The van der Waals surface area contributed by atoms with E-state index in [4.69, 9.17) is 22.4 Å². The van der Waals surface area contributed by atoms with Gasteiger partial charge in [0.1, 0.15) is 0 Å². The summed E-state index contributed by atoms with van der Waals surface area (Å²) in [5.74, 6) is -0.798. The molecule has 1 aliphatic carbocycles. The molecule has 80 valence electrons. The van der Waals surface area contributed by atoms with Crippen LogP contribution in [-0.2, 0) is 4.79 Å². The van der Waals surface area contributed by atoms with Gasteiger partial charge in [0.05, 0.1) is 5.41 Å². The average Bonchev–Trinajstić information content (AvgIpc) is 2.93. The maximum Gasteiger partial charge on any atom is 0.311 e. The zero-order chi connectivity index (χ0) is 11.1. The Morgan fingerprint density at radius 3 is 2.87 bits per heavy atom. The van der Waals surface area contributed by atoms with Crippen molar-refractivity contribution in [2.45, 2.75) is 12.3 Å². The van der Waals surface area contributed by atoms with E-state index >= 15 is 0 Å². The molecule has 2 unspecified atom stereocenters. The third-order valence-corrected chi connectivity index (χ3v) is 3.35. The van der Waals surface area contributed by atoms with E-state index in [0.717, 1.165) is 5.56 Å². The Bertz CT molecular complexity index is 407. The molecule has 0 saturated heterocycles. The Kier molecular flexibility index (Phi) is 2.44. The zero-order valence-electron chi connectivity index (χ0n) is 8.11. The molecule has 0 amide bonds. The fraction of sp³-hybridized carbons (Fsp3) is 0.364. The van der Waals surface area contributed by atoms with Crippen molar-refractivity contribution in [2.24, 2.45) is 11.1 Å². The number of carbonyl (C=O) groups is 1. The van der Waals surface area contributed by atoms with Crippen LogP contribution in [0.3, 0.4) is 0 Å². The topological polar surface area (TPSA) is 63.3 Å². The number of carboxylic acid groups (broad SMARTS) is 1. The third kappa shape index (κ3) is 1.62. The van der Waals surface area contributed by atoms with Crippen molar-refractivity contribution in [2.75, 3.05) is 6.54 Å². The van der Waals surface area contributed by atoms with E-state index in [1.807, 2.05) is 18.2 Å². The van der Waals surface area contributed by atoms with Gasteiger partial charge in [0.25, 0.3) is 0 Å². The maximum absolute atomic E-state index is 11.1. The summed E-state index contributed by atoms with van der Waals surface area (Å²) in [5, 5.41) is 9.73. The van der Waals surface area contributed by atoms with Crippen molar-refractivity contribution in [1.82, 2.24) is 0 Å². The summed E-state index contributed by atoms with van der Waals surface area (Å²) in [5.41, 5.74) is 5.73. The number of rotatable bonds is 3. The van der Waals surface area contributed by atoms with Gasteiger partial charge in [0.2, 0.25) is 0 Å². The smallest absolute Gasteiger partial charge is 0.311 e. The lowest BCUT2D eigenvalue weighted by Crippen LogP contribution is -2.26. The summed E-state index contributed by atoms with van der Waals surface area (Å²) in [6.45, 7) is 0.180. The quantitative estimate of drug-likeness (QED) is 0.825. The number of carboxylic acids is 1. The van der Waals surface area contributed by atoms with Gasteiger partial charge in [0, 0.05) is 17.5 Å². The van der Waals surface area contributed by atoms with Gasteiger partial charge in [-0.05, 0) is 24.1 Å². The van der Waals surface area contributed by atoms with E-state index in [-0.39, 0.29) is 12.5 Å². The molecular weight excluding hydrogens is 214 g/mol. The first-order chi connectivity index (χ1) is 7.10. The highest BCUT2D eigenvalue weighted by Gasteiger charge is 2.59. The minimum absolute atomic E-state index is 0.0127. The second kappa shape index (κ2) is 3.51. The van der Waals surface area contributed by atoms with E-state index in [1.165, 1.54) is 0 Å². The lowest BCUT2D eigenvalue weighted by Gasteiger charge is -2.09. The van der Waals surface area contributed by atoms with Crippen molar-refractivity contribution < 1.29 is 9.90 Å². The van der Waals surface area contributed by atoms with Crippen molar-refractivity contribution in [1.29, 1.82) is 0 Å². The molecule has 0 heterocycles. The number of benzene rings is 1. The molecule has 1 aliphatic rings. The second-order valence-corrected chi connectivity index (χ2v) is 4.41. The highest BCUT2D eigenvalue weighted by Crippen LogP contribution is 2.58. The van der Waals surface area contributed by atoms with Gasteiger partial charge in [-0.2, -0.15) is 0 Å². The molecule has 1 aromatic carbocycles. The SMILES string of the molecule is NCC1(C(=O)O)CC1c1cccc(Cl)c1. The zero-order valence-corrected chi connectivity index (χ0v) is 8.87. The molecule has 0 spiro atoms. The molecule has 0 aliphatic heterocycles. The van der Waals surface area contributed by atoms with Gasteiger partial charge in [0.15, 0.2) is 0 Å². The van der Waals surface area contributed by atoms with Gasteiger partial charge in [-0.25, -0.2) is 0 Å². The number of nitrogens with two attached hydrogens (primary N) is 1. The summed E-state index contributed by atoms with van der Waals surface area (Å²) in [7, 11) is 0. The minimum atomic E-state index is -0.810. The fourth-order valence-electron chi connectivity index (χ4n) is 2.01. The highest BCUT2D eigenvalue weighted by atomic mass is 35.5. The van der Waals surface area contributed by atoms with Crippen molar-refractivity contribution in [3.8, 4) is 0 Å². The van der Waals surface area contributed by atoms with Gasteiger partial charge >= 0.3 is 5.97 Å². The molecule has 0 aromatic heterocycles. The monoisotopic (exact) mass is 225 g/mol. The van der Waals surface area contributed by atoms with Crippen molar-refractivity contribution in [3.05, 3.63) is 34.9 Å². The predicted octanol–water partition coefficient (Wildman–Crippen LogP) is 1.86. The second-order valence-electron chi connectivity index (χ2n) is 3.98. The van der Waals surface area contributed by atoms with E-state index in [9.17, 15) is 4.79 Å². The van der Waals surface area contributed by atoms with E-state index < -0.39 is 11.4 Å². The van der Waals surface area contributed by atoms with Crippen LogP contribution in [0.25, 0.3) is 0 Å². The maximum atomic E-state index is 11.1. The van der Waals surface area contributed by atoms with Crippen molar-refractivity contribution >= 4 is 17.6 Å². The molecule has 1 saturated carbocycles. The first-order valence-electron chi connectivity index (χ1n) is 4.79. The van der Waals surface area contributed by atoms with Crippen LogP contribution in [0.1, 0.15) is 17.9 Å². The van der Waals surface area contributed by atoms with Crippen LogP contribution in [-0.4, -0.2) is 17.6 Å². The van der Waals surface area contributed by atoms with Crippen LogP contribution in [0.4, 0.5) is 0 Å². The Morgan fingerprint density at radius 2 is 2.40 bits per heavy atom. The summed E-state index contributed by atoms with van der Waals surface area (Å²) < 4.78 is 0. The minimum Gasteiger partial charge on any atom is -0.481 e. The molecular formula is C11H12ClNO2. The predicted molar refractivity (Wildman–Crippen MR) is 57.9 cm³/mol. The number of aliphatic carboxylic acids is 1. The van der Waals surface area contributed by atoms with Crippen LogP contribution < -0.4 is 5.73 Å². The van der Waals surface area contributed by atoms with Gasteiger partial charge in [-0.3, -0.25) is 4.79 Å². The highest BCUT2D eigenvalue weighted by molar-refractivity contribution is 6.30. The largest absolute Gasteiger partial charge is 0.481 e. The standard InChI is InChI=1S/C11H12ClNO2/c12-8-3-1-2-7(4-8)9-5-11(9,6-13)10(14)15/h1-4,9H,5-6,13H2,(H,14,15). The molecule has 1 fully saturated rings.